The van der Waals surface area contributed by atoms with Crippen molar-refractivity contribution in [1.29, 1.82) is 0 Å². The summed E-state index contributed by atoms with van der Waals surface area (Å²) in [6.45, 7) is 2.84. The Kier molecular flexibility index (Phi) is 6.16. The third-order valence-electron chi connectivity index (χ3n) is 3.01. The van der Waals surface area contributed by atoms with Crippen LogP contribution in [0.15, 0.2) is 4.47 Å². The molecule has 0 aromatic carbocycles. The highest BCUT2D eigenvalue weighted by molar-refractivity contribution is 9.10. The molecule has 0 saturated carbocycles. The second kappa shape index (κ2) is 7.13. The molecule has 1 aromatic heterocycles. The first-order valence-electron chi connectivity index (χ1n) is 5.94. The average Bonchev–Trinajstić information content (AvgIpc) is 2.54. The molecule has 0 amide bonds. The van der Waals surface area contributed by atoms with Crippen LogP contribution >= 0.6 is 15.9 Å². The van der Waals surface area contributed by atoms with Crippen LogP contribution in [0.4, 0.5) is 0 Å². The molecule has 98 valence electrons. The molecule has 4 nitrogen and oxygen atoms in total. The minimum absolute atomic E-state index is 0.469. The molecule has 1 heterocycles. The van der Waals surface area contributed by atoms with Crippen LogP contribution in [-0.2, 0) is 18.2 Å². The Hall–Kier alpha value is -0.390. The zero-order chi connectivity index (χ0) is 12.8. The van der Waals surface area contributed by atoms with Gasteiger partial charge >= 0.3 is 0 Å². The summed E-state index contributed by atoms with van der Waals surface area (Å²) in [5, 5.41) is 7.77. The molecule has 0 radical (unpaired) electrons. The first kappa shape index (κ1) is 14.7. The molecule has 0 bridgehead atoms. The Morgan fingerprint density at radius 2 is 2.24 bits per heavy atom. The summed E-state index contributed by atoms with van der Waals surface area (Å²) in [6, 6.07) is 0.469. The van der Waals surface area contributed by atoms with E-state index in [0.29, 0.717) is 6.04 Å². The predicted octanol–water partition coefficient (Wildman–Crippen LogP) is 2.05. The minimum Gasteiger partial charge on any atom is -0.385 e. The lowest BCUT2D eigenvalue weighted by Crippen LogP contribution is -2.28. The SMILES string of the molecule is CNC(CCCOC)Cc1c(Br)c(C)nn1C. The van der Waals surface area contributed by atoms with Gasteiger partial charge in [0, 0.05) is 33.2 Å². The fraction of sp³-hybridized carbons (Fsp3) is 0.750. The van der Waals surface area contributed by atoms with E-state index in [4.69, 9.17) is 4.74 Å². The molecule has 1 rings (SSSR count). The number of hydrogen-bond acceptors (Lipinski definition) is 3. The van der Waals surface area contributed by atoms with Gasteiger partial charge in [-0.1, -0.05) is 0 Å². The maximum atomic E-state index is 5.08. The van der Waals surface area contributed by atoms with E-state index in [0.717, 1.165) is 36.0 Å². The monoisotopic (exact) mass is 303 g/mol. The van der Waals surface area contributed by atoms with Gasteiger partial charge in [0.1, 0.15) is 0 Å². The minimum atomic E-state index is 0.469. The molecule has 1 aromatic rings. The molecular formula is C12H22BrN3O. The van der Waals surface area contributed by atoms with Crippen LogP contribution in [0.25, 0.3) is 0 Å². The van der Waals surface area contributed by atoms with E-state index in [-0.39, 0.29) is 0 Å². The standard InChI is InChI=1S/C12H22BrN3O/c1-9-12(13)11(16(3)15-9)8-10(14-2)6-5-7-17-4/h10,14H,5-8H2,1-4H3. The van der Waals surface area contributed by atoms with E-state index in [1.54, 1.807) is 7.11 Å². The average molecular weight is 304 g/mol. The van der Waals surface area contributed by atoms with Crippen LogP contribution in [0, 0.1) is 6.92 Å². The highest BCUT2D eigenvalue weighted by atomic mass is 79.9. The Labute approximate surface area is 112 Å². The van der Waals surface area contributed by atoms with Gasteiger partial charge < -0.3 is 10.1 Å². The Bertz CT molecular complexity index is 352. The van der Waals surface area contributed by atoms with Crippen LogP contribution in [0.5, 0.6) is 0 Å². The van der Waals surface area contributed by atoms with Crippen LogP contribution in [-0.4, -0.2) is 36.6 Å². The van der Waals surface area contributed by atoms with Crippen molar-refractivity contribution < 1.29 is 4.74 Å². The highest BCUT2D eigenvalue weighted by Gasteiger charge is 2.15. The summed E-state index contributed by atoms with van der Waals surface area (Å²) in [4.78, 5) is 0. The van der Waals surface area contributed by atoms with Crippen molar-refractivity contribution in [3.63, 3.8) is 0 Å². The number of nitrogens with zero attached hydrogens (tertiary/aromatic N) is 2. The number of hydrogen-bond donors (Lipinski definition) is 1. The Morgan fingerprint density at radius 1 is 1.53 bits per heavy atom. The smallest absolute Gasteiger partial charge is 0.0738 e. The fourth-order valence-electron chi connectivity index (χ4n) is 1.96. The second-order valence-electron chi connectivity index (χ2n) is 4.29. The van der Waals surface area contributed by atoms with E-state index in [2.05, 4.69) is 26.3 Å². The molecule has 0 aliphatic rings. The van der Waals surface area contributed by atoms with Gasteiger partial charge in [-0.15, -0.1) is 0 Å². The van der Waals surface area contributed by atoms with Crippen LogP contribution in [0.1, 0.15) is 24.2 Å². The van der Waals surface area contributed by atoms with Crippen molar-refractivity contribution in [2.75, 3.05) is 20.8 Å². The number of likely N-dealkylation sites (N-methyl/N-ethyl adjacent to an activating group) is 1. The van der Waals surface area contributed by atoms with Crippen LogP contribution in [0.3, 0.4) is 0 Å². The van der Waals surface area contributed by atoms with Gasteiger partial charge in [0.25, 0.3) is 0 Å². The maximum Gasteiger partial charge on any atom is 0.0738 e. The molecule has 5 heteroatoms. The zero-order valence-electron chi connectivity index (χ0n) is 11.1. The molecule has 0 fully saturated rings. The number of aryl methyl sites for hydroxylation is 2. The summed E-state index contributed by atoms with van der Waals surface area (Å²) in [5.41, 5.74) is 2.30. The molecular weight excluding hydrogens is 282 g/mol. The van der Waals surface area contributed by atoms with E-state index < -0.39 is 0 Å². The number of ether oxygens (including phenoxy) is 1. The topological polar surface area (TPSA) is 39.1 Å². The van der Waals surface area contributed by atoms with Crippen molar-refractivity contribution in [3.05, 3.63) is 15.9 Å². The molecule has 0 aliphatic heterocycles. The van der Waals surface area contributed by atoms with E-state index >= 15 is 0 Å². The molecule has 0 spiro atoms. The maximum absolute atomic E-state index is 5.08. The summed E-state index contributed by atoms with van der Waals surface area (Å²) >= 11 is 3.60. The van der Waals surface area contributed by atoms with Gasteiger partial charge in [-0.3, -0.25) is 4.68 Å². The molecule has 17 heavy (non-hydrogen) atoms. The third-order valence-corrected chi connectivity index (χ3v) is 4.04. The van der Waals surface area contributed by atoms with Gasteiger partial charge in [0.05, 0.1) is 15.9 Å². The Balaban J connectivity index is 2.60. The molecule has 0 saturated heterocycles. The zero-order valence-corrected chi connectivity index (χ0v) is 12.7. The van der Waals surface area contributed by atoms with Crippen LogP contribution < -0.4 is 5.32 Å². The molecule has 1 unspecified atom stereocenters. The molecule has 1 N–H and O–H groups in total. The quantitative estimate of drug-likeness (QED) is 0.784. The van der Waals surface area contributed by atoms with E-state index in [1.165, 1.54) is 5.69 Å². The molecule has 1 atom stereocenters. The van der Waals surface area contributed by atoms with Crippen molar-refractivity contribution in [2.45, 2.75) is 32.2 Å². The second-order valence-corrected chi connectivity index (χ2v) is 5.09. The fourth-order valence-corrected chi connectivity index (χ4v) is 2.46. The number of nitrogens with one attached hydrogen (secondary N) is 1. The Morgan fingerprint density at radius 3 is 2.71 bits per heavy atom. The van der Waals surface area contributed by atoms with Gasteiger partial charge in [-0.2, -0.15) is 5.10 Å². The number of halogens is 1. The van der Waals surface area contributed by atoms with Crippen LogP contribution in [0.2, 0.25) is 0 Å². The van der Waals surface area contributed by atoms with Gasteiger partial charge in [0.15, 0.2) is 0 Å². The number of rotatable bonds is 7. The lowest BCUT2D eigenvalue weighted by Gasteiger charge is -2.16. The van der Waals surface area contributed by atoms with E-state index in [9.17, 15) is 0 Å². The lowest BCUT2D eigenvalue weighted by atomic mass is 10.1. The summed E-state index contributed by atoms with van der Waals surface area (Å²) in [5.74, 6) is 0. The lowest BCUT2D eigenvalue weighted by molar-refractivity contribution is 0.189. The predicted molar refractivity (Wildman–Crippen MR) is 73.3 cm³/mol. The van der Waals surface area contributed by atoms with Gasteiger partial charge in [-0.25, -0.2) is 0 Å². The van der Waals surface area contributed by atoms with Crippen molar-refractivity contribution >= 4 is 15.9 Å². The largest absolute Gasteiger partial charge is 0.385 e. The van der Waals surface area contributed by atoms with Crippen molar-refractivity contribution in [1.82, 2.24) is 15.1 Å². The summed E-state index contributed by atoms with van der Waals surface area (Å²) in [6.07, 6.45) is 3.18. The van der Waals surface area contributed by atoms with Gasteiger partial charge in [-0.05, 0) is 42.7 Å². The van der Waals surface area contributed by atoms with Gasteiger partial charge in [0.2, 0.25) is 0 Å². The summed E-state index contributed by atoms with van der Waals surface area (Å²) < 4.78 is 8.17. The summed E-state index contributed by atoms with van der Waals surface area (Å²) in [7, 11) is 5.75. The van der Waals surface area contributed by atoms with Crippen molar-refractivity contribution in [3.8, 4) is 0 Å². The molecule has 0 aliphatic carbocycles. The first-order chi connectivity index (χ1) is 8.10. The normalized spacial score (nSPS) is 13.0. The first-order valence-corrected chi connectivity index (χ1v) is 6.73. The number of methoxy groups -OCH3 is 1. The number of aromatic nitrogens is 2. The third kappa shape index (κ3) is 4.08. The van der Waals surface area contributed by atoms with E-state index in [1.807, 2.05) is 25.7 Å². The highest BCUT2D eigenvalue weighted by Crippen LogP contribution is 2.22. The van der Waals surface area contributed by atoms with Crippen molar-refractivity contribution in [2.24, 2.45) is 7.05 Å².